The third-order valence-corrected chi connectivity index (χ3v) is 5.21. The van der Waals surface area contributed by atoms with Crippen LogP contribution in [-0.2, 0) is 12.8 Å². The van der Waals surface area contributed by atoms with Crippen LogP contribution in [0.25, 0.3) is 22.5 Å². The van der Waals surface area contributed by atoms with Crippen molar-refractivity contribution < 1.29 is 14.3 Å². The molecule has 0 amide bonds. The van der Waals surface area contributed by atoms with Gasteiger partial charge >= 0.3 is 5.97 Å². The Kier molecular flexibility index (Phi) is 4.67. The maximum absolute atomic E-state index is 13.5. The van der Waals surface area contributed by atoms with Gasteiger partial charge in [-0.2, -0.15) is 0 Å². The Morgan fingerprint density at radius 1 is 1.11 bits per heavy atom. The van der Waals surface area contributed by atoms with E-state index in [0.29, 0.717) is 23.2 Å². The molecule has 5 heteroatoms. The molecule has 3 aromatic rings. The Labute approximate surface area is 163 Å². The summed E-state index contributed by atoms with van der Waals surface area (Å²) in [6.07, 6.45) is 4.18. The highest BCUT2D eigenvalue weighted by Gasteiger charge is 2.29. The highest BCUT2D eigenvalue weighted by Crippen LogP contribution is 2.40. The molecule has 0 atom stereocenters. The number of aromatic nitrogens is 2. The van der Waals surface area contributed by atoms with Crippen LogP contribution in [-0.4, -0.2) is 21.0 Å². The van der Waals surface area contributed by atoms with Crippen molar-refractivity contribution in [3.63, 3.8) is 0 Å². The molecule has 0 bridgehead atoms. The number of carboxylic acid groups (broad SMARTS) is 1. The topological polar surface area (TPSA) is 63.1 Å². The van der Waals surface area contributed by atoms with E-state index in [1.807, 2.05) is 19.9 Å². The van der Waals surface area contributed by atoms with Gasteiger partial charge < -0.3 is 5.11 Å². The molecule has 0 aliphatic heterocycles. The van der Waals surface area contributed by atoms with Gasteiger partial charge in [0.05, 0.1) is 22.6 Å². The summed E-state index contributed by atoms with van der Waals surface area (Å²) in [6.45, 7) is 3.87. The highest BCUT2D eigenvalue weighted by atomic mass is 19.1. The van der Waals surface area contributed by atoms with Crippen molar-refractivity contribution in [2.45, 2.75) is 39.0 Å². The molecule has 0 saturated carbocycles. The molecule has 2 heterocycles. The summed E-state index contributed by atoms with van der Waals surface area (Å²) in [6, 6.07) is 9.99. The fourth-order valence-electron chi connectivity index (χ4n) is 3.96. The van der Waals surface area contributed by atoms with Gasteiger partial charge in [0.25, 0.3) is 0 Å². The number of benzene rings is 1. The summed E-state index contributed by atoms with van der Waals surface area (Å²) in [5.74, 6) is -1.44. The predicted octanol–water partition coefficient (Wildman–Crippen LogP) is 5.26. The molecule has 0 unspecified atom stereocenters. The minimum atomic E-state index is -1.01. The van der Waals surface area contributed by atoms with E-state index in [1.165, 1.54) is 12.1 Å². The maximum Gasteiger partial charge on any atom is 0.338 e. The number of aromatic carboxylic acids is 1. The molecule has 0 radical (unpaired) electrons. The Bertz CT molecular complexity index is 1060. The molecule has 1 aromatic carbocycles. The normalized spacial score (nSPS) is 13.0. The first-order valence-electron chi connectivity index (χ1n) is 9.47. The third-order valence-electron chi connectivity index (χ3n) is 5.21. The van der Waals surface area contributed by atoms with E-state index in [2.05, 4.69) is 11.1 Å². The average molecular weight is 376 g/mol. The van der Waals surface area contributed by atoms with Crippen molar-refractivity contribution in [3.05, 3.63) is 70.8 Å². The smallest absolute Gasteiger partial charge is 0.338 e. The second-order valence-corrected chi connectivity index (χ2v) is 7.41. The van der Waals surface area contributed by atoms with Crippen LogP contribution >= 0.6 is 0 Å². The fraction of sp³-hybridized carbons (Fsp3) is 0.261. The summed E-state index contributed by atoms with van der Waals surface area (Å²) < 4.78 is 13.5. The van der Waals surface area contributed by atoms with Gasteiger partial charge in [0.15, 0.2) is 0 Å². The van der Waals surface area contributed by atoms with Crippen molar-refractivity contribution in [1.29, 1.82) is 0 Å². The number of fused-ring (bicyclic) bond motifs is 3. The van der Waals surface area contributed by atoms with Crippen molar-refractivity contribution in [2.75, 3.05) is 0 Å². The molecule has 0 saturated heterocycles. The van der Waals surface area contributed by atoms with E-state index >= 15 is 0 Å². The number of rotatable bonds is 3. The zero-order valence-corrected chi connectivity index (χ0v) is 15.9. The zero-order valence-electron chi connectivity index (χ0n) is 15.9. The van der Waals surface area contributed by atoms with Gasteiger partial charge in [-0.3, -0.25) is 4.98 Å². The summed E-state index contributed by atoms with van der Waals surface area (Å²) in [5, 5.41) is 10.0. The summed E-state index contributed by atoms with van der Waals surface area (Å²) in [5.41, 5.74) is 5.64. The lowest BCUT2D eigenvalue weighted by Gasteiger charge is -2.20. The Morgan fingerprint density at radius 2 is 1.86 bits per heavy atom. The third kappa shape index (κ3) is 3.07. The Morgan fingerprint density at radius 3 is 2.54 bits per heavy atom. The van der Waals surface area contributed by atoms with Crippen LogP contribution < -0.4 is 0 Å². The minimum absolute atomic E-state index is 0.0778. The van der Waals surface area contributed by atoms with Crippen molar-refractivity contribution >= 4 is 5.97 Å². The van der Waals surface area contributed by atoms with E-state index in [-0.39, 0.29) is 17.3 Å². The van der Waals surface area contributed by atoms with Crippen LogP contribution in [0, 0.1) is 5.82 Å². The van der Waals surface area contributed by atoms with Crippen LogP contribution in [0.4, 0.5) is 4.39 Å². The predicted molar refractivity (Wildman–Crippen MR) is 106 cm³/mol. The molecule has 2 aromatic heterocycles. The van der Waals surface area contributed by atoms with E-state index in [4.69, 9.17) is 4.98 Å². The number of carbonyl (C=O) groups is 1. The number of pyridine rings is 2. The van der Waals surface area contributed by atoms with E-state index in [1.54, 1.807) is 18.3 Å². The first kappa shape index (κ1) is 18.3. The molecule has 1 aliphatic carbocycles. The molecule has 0 spiro atoms. The second-order valence-electron chi connectivity index (χ2n) is 7.41. The van der Waals surface area contributed by atoms with Crippen LogP contribution in [0.15, 0.2) is 42.6 Å². The lowest BCUT2D eigenvalue weighted by atomic mass is 9.87. The van der Waals surface area contributed by atoms with Gasteiger partial charge in [0.2, 0.25) is 0 Å². The molecular formula is C23H21FN2O2. The van der Waals surface area contributed by atoms with E-state index < -0.39 is 5.97 Å². The van der Waals surface area contributed by atoms with Gasteiger partial charge in [0.1, 0.15) is 5.82 Å². The lowest BCUT2D eigenvalue weighted by molar-refractivity contribution is 0.0695. The van der Waals surface area contributed by atoms with Crippen LogP contribution in [0.2, 0.25) is 0 Å². The number of aryl methyl sites for hydroxylation is 1. The second kappa shape index (κ2) is 7.15. The van der Waals surface area contributed by atoms with E-state index in [0.717, 1.165) is 35.4 Å². The first-order chi connectivity index (χ1) is 13.5. The average Bonchev–Trinajstić information content (AvgIpc) is 2.86. The number of carboxylic acids is 1. The number of hydrogen-bond acceptors (Lipinski definition) is 3. The van der Waals surface area contributed by atoms with Gasteiger partial charge in [-0.1, -0.05) is 32.0 Å². The van der Waals surface area contributed by atoms with E-state index in [9.17, 15) is 14.3 Å². The van der Waals surface area contributed by atoms with Crippen LogP contribution in [0.1, 0.15) is 53.4 Å². The van der Waals surface area contributed by atoms with Crippen LogP contribution in [0.5, 0.6) is 0 Å². The number of nitrogens with zero attached hydrogens (tertiary/aromatic N) is 2. The van der Waals surface area contributed by atoms with Crippen molar-refractivity contribution in [1.82, 2.24) is 9.97 Å². The summed E-state index contributed by atoms with van der Waals surface area (Å²) in [7, 11) is 0. The molecule has 0 fully saturated rings. The number of halogens is 1. The quantitative estimate of drug-likeness (QED) is 0.677. The SMILES string of the molecule is CC(C)c1nc2c(c(-c3ccc(F)cc3)c1C(=O)O)CCCc1cccnc1-2. The lowest BCUT2D eigenvalue weighted by Crippen LogP contribution is -2.13. The molecule has 28 heavy (non-hydrogen) atoms. The maximum atomic E-state index is 13.5. The largest absolute Gasteiger partial charge is 0.478 e. The first-order valence-corrected chi connectivity index (χ1v) is 9.47. The number of hydrogen-bond donors (Lipinski definition) is 1. The highest BCUT2D eigenvalue weighted by molar-refractivity contribution is 6.00. The molecule has 1 aliphatic rings. The van der Waals surface area contributed by atoms with Gasteiger partial charge in [-0.15, -0.1) is 0 Å². The summed E-state index contributed by atoms with van der Waals surface area (Å²) in [4.78, 5) is 21.7. The summed E-state index contributed by atoms with van der Waals surface area (Å²) >= 11 is 0. The monoisotopic (exact) mass is 376 g/mol. The minimum Gasteiger partial charge on any atom is -0.478 e. The molecule has 142 valence electrons. The molecular weight excluding hydrogens is 355 g/mol. The van der Waals surface area contributed by atoms with Gasteiger partial charge in [-0.05, 0) is 60.1 Å². The van der Waals surface area contributed by atoms with Crippen LogP contribution in [0.3, 0.4) is 0 Å². The van der Waals surface area contributed by atoms with Gasteiger partial charge in [0, 0.05) is 11.8 Å². The van der Waals surface area contributed by atoms with Crippen molar-refractivity contribution in [3.8, 4) is 22.5 Å². The molecule has 1 N–H and O–H groups in total. The van der Waals surface area contributed by atoms with Gasteiger partial charge in [-0.25, -0.2) is 14.2 Å². The molecule has 4 rings (SSSR count). The zero-order chi connectivity index (χ0) is 19.8. The Hall–Kier alpha value is -3.08. The molecule has 4 nitrogen and oxygen atoms in total. The fourth-order valence-corrected chi connectivity index (χ4v) is 3.96. The Balaban J connectivity index is 2.13. The van der Waals surface area contributed by atoms with Crippen molar-refractivity contribution in [2.24, 2.45) is 0 Å². The standard InChI is InChI=1S/C23H21FN2O2/c1-13(2)20-19(23(27)28)18(14-8-10-16(24)11-9-14)17-7-3-5-15-6-4-12-25-21(15)22(17)26-20/h4,6,8-13H,3,5,7H2,1-2H3,(H,27,28).